The van der Waals surface area contributed by atoms with Crippen LogP contribution in [0.2, 0.25) is 0 Å². The van der Waals surface area contributed by atoms with Crippen molar-refractivity contribution in [1.82, 2.24) is 9.21 Å². The van der Waals surface area contributed by atoms with Gasteiger partial charge in [0.15, 0.2) is 0 Å². The third-order valence-corrected chi connectivity index (χ3v) is 5.62. The average molecular weight is 293 g/mol. The van der Waals surface area contributed by atoms with Gasteiger partial charge >= 0.3 is 0 Å². The lowest BCUT2D eigenvalue weighted by atomic mass is 10.2. The van der Waals surface area contributed by atoms with E-state index in [0.29, 0.717) is 12.0 Å². The van der Waals surface area contributed by atoms with E-state index in [2.05, 4.69) is 11.3 Å². The molecule has 2 aliphatic heterocycles. The number of hydrogen-bond acceptors (Lipinski definition) is 4. The molecular weight excluding hydrogens is 276 g/mol. The van der Waals surface area contributed by atoms with Crippen LogP contribution in [0.3, 0.4) is 0 Å². The van der Waals surface area contributed by atoms with Gasteiger partial charge in [0, 0.05) is 13.1 Å². The van der Waals surface area contributed by atoms with Crippen LogP contribution in [0, 0.1) is 6.42 Å². The van der Waals surface area contributed by atoms with Crippen molar-refractivity contribution in [2.75, 3.05) is 26.2 Å². The number of likely N-dealkylation sites (tertiary alicyclic amines) is 1. The zero-order valence-corrected chi connectivity index (χ0v) is 12.0. The number of carbonyl (C=O) groups excluding carboxylic acids is 1. The van der Waals surface area contributed by atoms with E-state index in [1.165, 1.54) is 6.07 Å². The van der Waals surface area contributed by atoms with Crippen molar-refractivity contribution >= 4 is 15.9 Å². The number of sulfonamides is 1. The molecule has 1 fully saturated rings. The minimum atomic E-state index is -3.63. The number of amides is 1. The van der Waals surface area contributed by atoms with Gasteiger partial charge in [-0.25, -0.2) is 12.7 Å². The highest BCUT2D eigenvalue weighted by Crippen LogP contribution is 2.29. The minimum absolute atomic E-state index is 0.138. The molecule has 1 aromatic rings. The Hall–Kier alpha value is -1.40. The van der Waals surface area contributed by atoms with Crippen molar-refractivity contribution in [3.8, 4) is 0 Å². The van der Waals surface area contributed by atoms with Crippen molar-refractivity contribution in [1.29, 1.82) is 0 Å². The molecule has 5 nitrogen and oxygen atoms in total. The first-order valence-electron chi connectivity index (χ1n) is 6.81. The van der Waals surface area contributed by atoms with E-state index in [0.717, 1.165) is 30.4 Å². The number of fused-ring (bicyclic) bond motifs is 1. The van der Waals surface area contributed by atoms with Crippen molar-refractivity contribution in [2.24, 2.45) is 0 Å². The maximum Gasteiger partial charge on any atom is 0.269 e. The fourth-order valence-corrected chi connectivity index (χ4v) is 4.34. The molecule has 0 atom stereocenters. The van der Waals surface area contributed by atoms with Crippen LogP contribution >= 0.6 is 0 Å². The predicted octanol–water partition coefficient (Wildman–Crippen LogP) is 1.13. The molecular formula is C14H17N2O3S. The van der Waals surface area contributed by atoms with Crippen LogP contribution in [0.15, 0.2) is 29.2 Å². The van der Waals surface area contributed by atoms with Crippen LogP contribution in [0.1, 0.15) is 23.2 Å². The number of nitrogens with zero attached hydrogens (tertiary/aromatic N) is 2. The highest BCUT2D eigenvalue weighted by molar-refractivity contribution is 7.90. The van der Waals surface area contributed by atoms with Gasteiger partial charge < -0.3 is 4.90 Å². The Morgan fingerprint density at radius 2 is 1.95 bits per heavy atom. The SMILES string of the molecule is O=C1c2ccccc2S(=O)(=O)N1CCCN1C[CH]CC1. The van der Waals surface area contributed by atoms with Gasteiger partial charge in [-0.1, -0.05) is 12.1 Å². The van der Waals surface area contributed by atoms with Crippen LogP contribution in [-0.2, 0) is 10.0 Å². The maximum atomic E-state index is 12.3. The molecule has 1 radical (unpaired) electrons. The highest BCUT2D eigenvalue weighted by atomic mass is 32.2. The van der Waals surface area contributed by atoms with Crippen LogP contribution in [-0.4, -0.2) is 49.7 Å². The second-order valence-electron chi connectivity index (χ2n) is 5.11. The van der Waals surface area contributed by atoms with Gasteiger partial charge in [-0.2, -0.15) is 0 Å². The number of rotatable bonds is 4. The first-order valence-corrected chi connectivity index (χ1v) is 8.25. The van der Waals surface area contributed by atoms with E-state index in [1.54, 1.807) is 18.2 Å². The quantitative estimate of drug-likeness (QED) is 0.835. The maximum absolute atomic E-state index is 12.3. The van der Waals surface area contributed by atoms with E-state index in [9.17, 15) is 13.2 Å². The Balaban J connectivity index is 1.70. The van der Waals surface area contributed by atoms with Crippen LogP contribution in [0.5, 0.6) is 0 Å². The topological polar surface area (TPSA) is 57.7 Å². The first kappa shape index (κ1) is 13.6. The molecule has 0 aliphatic carbocycles. The molecule has 0 bridgehead atoms. The summed E-state index contributed by atoms with van der Waals surface area (Å²) in [4.78, 5) is 14.6. The molecule has 2 heterocycles. The summed E-state index contributed by atoms with van der Waals surface area (Å²) in [6, 6.07) is 6.41. The predicted molar refractivity (Wildman–Crippen MR) is 74.6 cm³/mol. The molecule has 0 spiro atoms. The molecule has 0 unspecified atom stereocenters. The van der Waals surface area contributed by atoms with Crippen molar-refractivity contribution < 1.29 is 13.2 Å². The summed E-state index contributed by atoms with van der Waals surface area (Å²) in [5.41, 5.74) is 0.294. The van der Waals surface area contributed by atoms with Crippen molar-refractivity contribution in [2.45, 2.75) is 17.7 Å². The zero-order valence-electron chi connectivity index (χ0n) is 11.2. The van der Waals surface area contributed by atoms with E-state index >= 15 is 0 Å². The third kappa shape index (κ3) is 2.23. The van der Waals surface area contributed by atoms with Gasteiger partial charge in [0.05, 0.1) is 5.56 Å². The minimum Gasteiger partial charge on any atom is -0.303 e. The van der Waals surface area contributed by atoms with Gasteiger partial charge in [0.2, 0.25) is 0 Å². The normalized spacial score (nSPS) is 21.4. The molecule has 1 saturated heterocycles. The molecule has 1 aromatic carbocycles. The van der Waals surface area contributed by atoms with Gasteiger partial charge in [-0.15, -0.1) is 0 Å². The zero-order chi connectivity index (χ0) is 14.2. The van der Waals surface area contributed by atoms with Gasteiger partial charge in [0.1, 0.15) is 4.90 Å². The lowest BCUT2D eigenvalue weighted by Gasteiger charge is -2.18. The molecule has 0 saturated carbocycles. The number of hydrogen-bond donors (Lipinski definition) is 0. The lowest BCUT2D eigenvalue weighted by molar-refractivity contribution is 0.0867. The Bertz CT molecular complexity index is 621. The fraction of sp³-hybridized carbons (Fsp3) is 0.429. The standard InChI is InChI=1S/C14H17N2O3S/c17-14-12-6-1-2-7-13(12)20(18,19)16(14)11-5-10-15-8-3-4-9-15/h1-3,6-7H,4-5,8-11H2. The van der Waals surface area contributed by atoms with Crippen LogP contribution in [0.4, 0.5) is 0 Å². The van der Waals surface area contributed by atoms with Crippen molar-refractivity contribution in [3.05, 3.63) is 36.2 Å². The van der Waals surface area contributed by atoms with Crippen LogP contribution < -0.4 is 0 Å². The van der Waals surface area contributed by atoms with Gasteiger partial charge in [0.25, 0.3) is 15.9 Å². The monoisotopic (exact) mass is 293 g/mol. The van der Waals surface area contributed by atoms with Gasteiger partial charge in [-0.05, 0) is 44.5 Å². The molecule has 107 valence electrons. The van der Waals surface area contributed by atoms with E-state index in [1.807, 2.05) is 0 Å². The first-order chi connectivity index (χ1) is 9.60. The third-order valence-electron chi connectivity index (χ3n) is 3.78. The second-order valence-corrected chi connectivity index (χ2v) is 6.94. The molecule has 1 amide bonds. The van der Waals surface area contributed by atoms with Crippen molar-refractivity contribution in [3.63, 3.8) is 0 Å². The number of benzene rings is 1. The van der Waals surface area contributed by atoms with E-state index in [4.69, 9.17) is 0 Å². The summed E-state index contributed by atoms with van der Waals surface area (Å²) < 4.78 is 25.6. The average Bonchev–Trinajstić information content (AvgIpc) is 3.01. The fourth-order valence-electron chi connectivity index (χ4n) is 2.73. The lowest BCUT2D eigenvalue weighted by Crippen LogP contribution is -2.33. The summed E-state index contributed by atoms with van der Waals surface area (Å²) in [5.74, 6) is -0.395. The molecule has 0 aromatic heterocycles. The summed E-state index contributed by atoms with van der Waals surface area (Å²) in [7, 11) is -3.63. The summed E-state index contributed by atoms with van der Waals surface area (Å²) in [5, 5.41) is 0. The highest BCUT2D eigenvalue weighted by Gasteiger charge is 2.40. The Morgan fingerprint density at radius 3 is 2.65 bits per heavy atom. The second kappa shape index (κ2) is 5.18. The molecule has 3 rings (SSSR count). The molecule has 2 aliphatic rings. The van der Waals surface area contributed by atoms with Gasteiger partial charge in [-0.3, -0.25) is 4.79 Å². The summed E-state index contributed by atoms with van der Waals surface area (Å²) in [6.45, 7) is 3.07. The molecule has 6 heteroatoms. The smallest absolute Gasteiger partial charge is 0.269 e. The number of carbonyl (C=O) groups is 1. The summed E-state index contributed by atoms with van der Waals surface area (Å²) >= 11 is 0. The molecule has 0 N–H and O–H groups in total. The van der Waals surface area contributed by atoms with E-state index in [-0.39, 0.29) is 11.4 Å². The summed E-state index contributed by atoms with van der Waals surface area (Å²) in [6.07, 6.45) is 3.98. The Labute approximate surface area is 119 Å². The Kier molecular flexibility index (Phi) is 3.52. The van der Waals surface area contributed by atoms with Crippen LogP contribution in [0.25, 0.3) is 0 Å². The van der Waals surface area contributed by atoms with E-state index < -0.39 is 15.9 Å². The molecule has 20 heavy (non-hydrogen) atoms. The Morgan fingerprint density at radius 1 is 1.15 bits per heavy atom. The largest absolute Gasteiger partial charge is 0.303 e.